The summed E-state index contributed by atoms with van der Waals surface area (Å²) in [5.74, 6) is 1.93. The average Bonchev–Trinajstić information content (AvgIpc) is 3.49. The molecule has 4 aromatic carbocycles. The molecule has 0 aliphatic carbocycles. The number of hydrogen-bond acceptors (Lipinski definition) is 4. The van der Waals surface area contributed by atoms with Crippen LogP contribution in [0, 0.1) is 0 Å². The van der Waals surface area contributed by atoms with E-state index in [1.807, 2.05) is 24.4 Å². The van der Waals surface area contributed by atoms with Gasteiger partial charge < -0.3 is 5.32 Å². The van der Waals surface area contributed by atoms with Crippen LogP contribution in [-0.4, -0.2) is 15.4 Å². The zero-order valence-corrected chi connectivity index (χ0v) is 20.5. The molecule has 0 bridgehead atoms. The first kappa shape index (κ1) is 21.0. The Morgan fingerprint density at radius 3 is 2.16 bits per heavy atom. The molecule has 4 heterocycles. The Labute approximate surface area is 220 Å². The fourth-order valence-corrected chi connectivity index (χ4v) is 5.72. The van der Waals surface area contributed by atoms with E-state index in [1.165, 1.54) is 16.7 Å². The number of nitrogens with zero attached hydrogens (tertiary/aromatic N) is 4. The molecule has 2 aromatic heterocycles. The second-order valence-corrected chi connectivity index (χ2v) is 9.59. The molecule has 0 radical (unpaired) electrons. The fourth-order valence-electron chi connectivity index (χ4n) is 5.72. The van der Waals surface area contributed by atoms with Crippen LogP contribution in [0.25, 0.3) is 27.8 Å². The molecule has 5 nitrogen and oxygen atoms in total. The van der Waals surface area contributed by atoms with Crippen molar-refractivity contribution in [3.8, 4) is 16.8 Å². The van der Waals surface area contributed by atoms with Gasteiger partial charge >= 0.3 is 0 Å². The van der Waals surface area contributed by atoms with Crippen molar-refractivity contribution in [3.63, 3.8) is 0 Å². The molecule has 2 aliphatic rings. The van der Waals surface area contributed by atoms with Crippen LogP contribution in [0.4, 0.5) is 22.9 Å². The minimum Gasteiger partial charge on any atom is -0.355 e. The van der Waals surface area contributed by atoms with Crippen LogP contribution in [0.5, 0.6) is 0 Å². The molecule has 38 heavy (non-hydrogen) atoms. The Hall–Kier alpha value is -5.16. The minimum atomic E-state index is -0.0643. The highest BCUT2D eigenvalue weighted by atomic mass is 15.3. The molecular weight excluding hydrogens is 466 g/mol. The van der Waals surface area contributed by atoms with Crippen LogP contribution in [0.3, 0.4) is 0 Å². The van der Waals surface area contributed by atoms with Crippen LogP contribution in [0.1, 0.15) is 11.6 Å². The van der Waals surface area contributed by atoms with E-state index in [2.05, 4.69) is 118 Å². The Morgan fingerprint density at radius 1 is 0.632 bits per heavy atom. The quantitative estimate of drug-likeness (QED) is 0.274. The van der Waals surface area contributed by atoms with Gasteiger partial charge in [-0.15, -0.1) is 0 Å². The number of nitrogens with one attached hydrogen (secondary N) is 1. The molecule has 0 amide bonds. The molecule has 5 heteroatoms. The lowest BCUT2D eigenvalue weighted by Gasteiger charge is -2.26. The van der Waals surface area contributed by atoms with E-state index < -0.39 is 0 Å². The van der Waals surface area contributed by atoms with Gasteiger partial charge in [-0.25, -0.2) is 4.99 Å². The summed E-state index contributed by atoms with van der Waals surface area (Å²) < 4.78 is 2.25. The topological polar surface area (TPSA) is 45.5 Å². The molecule has 6 aromatic rings. The predicted octanol–water partition coefficient (Wildman–Crippen LogP) is 8.04. The molecule has 1 atom stereocenters. The molecule has 0 fully saturated rings. The maximum absolute atomic E-state index is 5.32. The Balaban J connectivity index is 1.32. The molecule has 180 valence electrons. The van der Waals surface area contributed by atoms with Gasteiger partial charge in [0.2, 0.25) is 0 Å². The number of pyridine rings is 1. The number of amidine groups is 1. The zero-order chi connectivity index (χ0) is 25.1. The maximum Gasteiger partial charge on any atom is 0.141 e. The number of aliphatic imine (C=N–C) groups is 1. The Kier molecular flexibility index (Phi) is 4.52. The normalized spacial score (nSPS) is 15.4. The van der Waals surface area contributed by atoms with Gasteiger partial charge in [-0.1, -0.05) is 78.9 Å². The first-order valence-corrected chi connectivity index (χ1v) is 12.8. The van der Waals surface area contributed by atoms with Gasteiger partial charge in [0.1, 0.15) is 28.9 Å². The first-order valence-electron chi connectivity index (χ1n) is 12.8. The number of fused-ring (bicyclic) bond motifs is 6. The highest BCUT2D eigenvalue weighted by molar-refractivity contribution is 6.18. The van der Waals surface area contributed by atoms with Crippen molar-refractivity contribution in [3.05, 3.63) is 133 Å². The van der Waals surface area contributed by atoms with Gasteiger partial charge in [-0.3, -0.25) is 14.5 Å². The van der Waals surface area contributed by atoms with E-state index in [1.54, 1.807) is 0 Å². The van der Waals surface area contributed by atoms with Crippen molar-refractivity contribution < 1.29 is 0 Å². The van der Waals surface area contributed by atoms with Crippen LogP contribution < -0.4 is 10.2 Å². The summed E-state index contributed by atoms with van der Waals surface area (Å²) in [7, 11) is 0. The monoisotopic (exact) mass is 489 g/mol. The summed E-state index contributed by atoms with van der Waals surface area (Å²) in [6.07, 6.45) is 1.84. The average molecular weight is 490 g/mol. The van der Waals surface area contributed by atoms with E-state index in [9.17, 15) is 0 Å². The lowest BCUT2D eigenvalue weighted by Crippen LogP contribution is -2.30. The third-order valence-electron chi connectivity index (χ3n) is 7.43. The highest BCUT2D eigenvalue weighted by Gasteiger charge is 2.40. The molecule has 8 rings (SSSR count). The SMILES string of the molecule is c1ccc(-c2ccc(-n3c4c(c5ncccc53)N=C3C(N4)c4ccccc4N3c3ccccc3)cc2)cc1. The lowest BCUT2D eigenvalue weighted by atomic mass is 10.1. The predicted molar refractivity (Wildman–Crippen MR) is 155 cm³/mol. The molecule has 0 saturated heterocycles. The van der Waals surface area contributed by atoms with E-state index in [-0.39, 0.29) is 6.04 Å². The summed E-state index contributed by atoms with van der Waals surface area (Å²) in [5, 5.41) is 3.87. The van der Waals surface area contributed by atoms with Gasteiger partial charge in [0.15, 0.2) is 0 Å². The summed E-state index contributed by atoms with van der Waals surface area (Å²) in [6.45, 7) is 0. The third kappa shape index (κ3) is 3.05. The standard InChI is InChI=1S/C33H23N5/c1-3-10-22(11-4-1)23-17-19-25(20-18-23)38-28-16-9-21-34-30(28)31-33(38)35-29-26-14-7-8-15-27(26)37(32(29)36-31)24-12-5-2-6-13-24/h1-21,29,35H. The first-order chi connectivity index (χ1) is 18.9. The van der Waals surface area contributed by atoms with E-state index in [0.29, 0.717) is 0 Å². The van der Waals surface area contributed by atoms with Gasteiger partial charge in [-0.2, -0.15) is 0 Å². The minimum absolute atomic E-state index is 0.0643. The summed E-state index contributed by atoms with van der Waals surface area (Å²) in [6, 6.07) is 42.2. The number of para-hydroxylation sites is 2. The van der Waals surface area contributed by atoms with Crippen molar-refractivity contribution in [1.29, 1.82) is 0 Å². The summed E-state index contributed by atoms with van der Waals surface area (Å²) >= 11 is 0. The highest BCUT2D eigenvalue weighted by Crippen LogP contribution is 2.50. The van der Waals surface area contributed by atoms with Crippen LogP contribution >= 0.6 is 0 Å². The van der Waals surface area contributed by atoms with E-state index in [4.69, 9.17) is 9.98 Å². The second kappa shape index (κ2) is 8.18. The molecule has 0 saturated carbocycles. The Morgan fingerprint density at radius 2 is 1.34 bits per heavy atom. The molecule has 1 unspecified atom stereocenters. The number of anilines is 3. The van der Waals surface area contributed by atoms with Crippen molar-refractivity contribution >= 4 is 39.7 Å². The van der Waals surface area contributed by atoms with Gasteiger partial charge in [0.25, 0.3) is 0 Å². The van der Waals surface area contributed by atoms with E-state index >= 15 is 0 Å². The van der Waals surface area contributed by atoms with Crippen LogP contribution in [-0.2, 0) is 0 Å². The van der Waals surface area contributed by atoms with Crippen LogP contribution in [0.2, 0.25) is 0 Å². The molecule has 0 spiro atoms. The largest absolute Gasteiger partial charge is 0.355 e. The number of benzene rings is 4. The molecule has 2 aliphatic heterocycles. The van der Waals surface area contributed by atoms with Crippen molar-refractivity contribution in [2.24, 2.45) is 4.99 Å². The van der Waals surface area contributed by atoms with Gasteiger partial charge in [-0.05, 0) is 53.6 Å². The Bertz CT molecular complexity index is 1840. The number of aromatic nitrogens is 2. The van der Waals surface area contributed by atoms with Crippen molar-refractivity contribution in [2.75, 3.05) is 10.2 Å². The van der Waals surface area contributed by atoms with Gasteiger partial charge in [0.05, 0.1) is 11.2 Å². The molecule has 1 N–H and O–H groups in total. The zero-order valence-electron chi connectivity index (χ0n) is 20.5. The van der Waals surface area contributed by atoms with Gasteiger partial charge in [0, 0.05) is 23.1 Å². The third-order valence-corrected chi connectivity index (χ3v) is 7.43. The maximum atomic E-state index is 5.32. The fraction of sp³-hybridized carbons (Fsp3) is 0.0303. The molecular formula is C33H23N5. The lowest BCUT2D eigenvalue weighted by molar-refractivity contribution is 0.988. The summed E-state index contributed by atoms with van der Waals surface area (Å²) in [5.41, 5.74) is 9.71. The number of hydrogen-bond donors (Lipinski definition) is 1. The number of rotatable bonds is 3. The van der Waals surface area contributed by atoms with Crippen molar-refractivity contribution in [2.45, 2.75) is 6.04 Å². The van der Waals surface area contributed by atoms with Crippen LogP contribution in [0.15, 0.2) is 133 Å². The smallest absolute Gasteiger partial charge is 0.141 e. The van der Waals surface area contributed by atoms with Crippen molar-refractivity contribution in [1.82, 2.24) is 9.55 Å². The summed E-state index contributed by atoms with van der Waals surface area (Å²) in [4.78, 5) is 12.4. The second-order valence-electron chi connectivity index (χ2n) is 9.59. The van der Waals surface area contributed by atoms with E-state index in [0.717, 1.165) is 45.4 Å².